The van der Waals surface area contributed by atoms with Gasteiger partial charge in [-0.1, -0.05) is 144 Å². The molecule has 0 heteroatoms. The molecule has 0 aromatic carbocycles. The molecule has 0 aliphatic rings. The predicted octanol–water partition coefficient (Wildman–Crippen LogP) is 10.5. The summed E-state index contributed by atoms with van der Waals surface area (Å²) < 4.78 is 0. The third-order valence-corrected chi connectivity index (χ3v) is 6.80. The van der Waals surface area contributed by atoms with Crippen molar-refractivity contribution in [3.63, 3.8) is 0 Å². The van der Waals surface area contributed by atoms with E-state index in [1.54, 1.807) is 0 Å². The fourth-order valence-electron chi connectivity index (χ4n) is 4.63. The minimum Gasteiger partial charge on any atom is -0.0654 e. The van der Waals surface area contributed by atoms with Gasteiger partial charge in [0.05, 0.1) is 0 Å². The van der Waals surface area contributed by atoms with Gasteiger partial charge in [0, 0.05) is 0 Å². The molecule has 2 unspecified atom stereocenters. The van der Waals surface area contributed by atoms with E-state index in [0.29, 0.717) is 5.41 Å². The molecule has 0 spiro atoms. The average molecular weight is 381 g/mol. The largest absolute Gasteiger partial charge is 0.0654 e. The van der Waals surface area contributed by atoms with Crippen molar-refractivity contribution in [3.05, 3.63) is 0 Å². The first kappa shape index (κ1) is 27.0. The third kappa shape index (κ3) is 17.8. The highest BCUT2D eigenvalue weighted by molar-refractivity contribution is 4.75. The Bertz CT molecular complexity index is 282. The van der Waals surface area contributed by atoms with Crippen LogP contribution in [0.2, 0.25) is 0 Å². The molecule has 2 atom stereocenters. The lowest BCUT2D eigenvalue weighted by Crippen LogP contribution is -2.17. The van der Waals surface area contributed by atoms with Gasteiger partial charge in [-0.3, -0.25) is 0 Å². The van der Waals surface area contributed by atoms with Crippen molar-refractivity contribution in [1.82, 2.24) is 0 Å². The Morgan fingerprint density at radius 1 is 0.481 bits per heavy atom. The van der Waals surface area contributed by atoms with Gasteiger partial charge in [-0.2, -0.15) is 0 Å². The molecule has 0 bridgehead atoms. The zero-order valence-corrected chi connectivity index (χ0v) is 20.2. The van der Waals surface area contributed by atoms with Crippen LogP contribution in [-0.2, 0) is 0 Å². The van der Waals surface area contributed by atoms with Crippen molar-refractivity contribution < 1.29 is 0 Å². The second kappa shape index (κ2) is 19.3. The van der Waals surface area contributed by atoms with E-state index in [2.05, 4.69) is 34.6 Å². The summed E-state index contributed by atoms with van der Waals surface area (Å²) in [5.74, 6) is 0.945. The van der Waals surface area contributed by atoms with Crippen LogP contribution >= 0.6 is 0 Å². The summed E-state index contributed by atoms with van der Waals surface area (Å²) in [7, 11) is 0. The second-order valence-corrected chi connectivity index (χ2v) is 9.99. The summed E-state index contributed by atoms with van der Waals surface area (Å²) in [4.78, 5) is 0. The lowest BCUT2D eigenvalue weighted by atomic mass is 9.75. The number of hydrogen-bond acceptors (Lipinski definition) is 0. The highest BCUT2D eigenvalue weighted by Gasteiger charge is 2.23. The van der Waals surface area contributed by atoms with Crippen molar-refractivity contribution in [3.8, 4) is 0 Å². The second-order valence-electron chi connectivity index (χ2n) is 9.99. The summed E-state index contributed by atoms with van der Waals surface area (Å²) >= 11 is 0. The lowest BCUT2D eigenvalue weighted by Gasteiger charge is -2.31. The summed E-state index contributed by atoms with van der Waals surface area (Å²) in [5, 5.41) is 0. The molecule has 0 saturated carbocycles. The lowest BCUT2D eigenvalue weighted by molar-refractivity contribution is 0.218. The van der Waals surface area contributed by atoms with E-state index in [0.717, 1.165) is 5.92 Å². The van der Waals surface area contributed by atoms with E-state index in [9.17, 15) is 0 Å². The Labute approximate surface area is 174 Å². The van der Waals surface area contributed by atoms with Gasteiger partial charge >= 0.3 is 0 Å². The maximum Gasteiger partial charge on any atom is -0.0326 e. The minimum absolute atomic E-state index is 0.626. The molecule has 0 aromatic rings. The monoisotopic (exact) mass is 380 g/mol. The molecule has 0 heterocycles. The molecular weight excluding hydrogens is 324 g/mol. The fourth-order valence-corrected chi connectivity index (χ4v) is 4.63. The van der Waals surface area contributed by atoms with Gasteiger partial charge in [0.1, 0.15) is 0 Å². The number of unbranched alkanes of at least 4 members (excludes halogenated alkanes) is 11. The van der Waals surface area contributed by atoms with Crippen LogP contribution in [0.5, 0.6) is 0 Å². The Balaban J connectivity index is 4.08. The maximum atomic E-state index is 2.62. The number of hydrogen-bond donors (Lipinski definition) is 0. The molecule has 0 saturated heterocycles. The standard InChI is InChI=1S/C27H56/c1-6-9-12-15-17-21-26(4)22-20-25-27(5,23-18-14-11-8-3)24-19-16-13-10-7-2/h26H,6-25H2,1-5H3. The Kier molecular flexibility index (Phi) is 19.3. The van der Waals surface area contributed by atoms with E-state index >= 15 is 0 Å². The quantitative estimate of drug-likeness (QED) is 0.174. The molecular formula is C27H56. The summed E-state index contributed by atoms with van der Waals surface area (Å²) in [6.45, 7) is 12.1. The summed E-state index contributed by atoms with van der Waals surface area (Å²) in [6, 6.07) is 0. The van der Waals surface area contributed by atoms with E-state index < -0.39 is 0 Å². The van der Waals surface area contributed by atoms with Gasteiger partial charge in [0.2, 0.25) is 0 Å². The molecule has 0 aliphatic heterocycles. The maximum absolute atomic E-state index is 2.62. The Hall–Kier alpha value is 0. The van der Waals surface area contributed by atoms with Crippen LogP contribution in [0, 0.1) is 11.3 Å². The molecule has 27 heavy (non-hydrogen) atoms. The van der Waals surface area contributed by atoms with Gasteiger partial charge in [0.15, 0.2) is 0 Å². The van der Waals surface area contributed by atoms with Crippen LogP contribution in [0.1, 0.15) is 163 Å². The van der Waals surface area contributed by atoms with Crippen LogP contribution in [-0.4, -0.2) is 0 Å². The summed E-state index contributed by atoms with van der Waals surface area (Å²) in [5.41, 5.74) is 0.626. The smallest absolute Gasteiger partial charge is 0.0326 e. The first-order valence-electron chi connectivity index (χ1n) is 13.1. The highest BCUT2D eigenvalue weighted by atomic mass is 14.3. The fraction of sp³-hybridized carbons (Fsp3) is 1.00. The van der Waals surface area contributed by atoms with Gasteiger partial charge in [-0.05, 0) is 30.6 Å². The average Bonchev–Trinajstić information content (AvgIpc) is 2.65. The van der Waals surface area contributed by atoms with E-state index in [1.807, 2.05) is 0 Å². The van der Waals surface area contributed by atoms with Crippen molar-refractivity contribution in [2.45, 2.75) is 163 Å². The Morgan fingerprint density at radius 2 is 0.852 bits per heavy atom. The van der Waals surface area contributed by atoms with Crippen LogP contribution in [0.4, 0.5) is 0 Å². The first-order valence-corrected chi connectivity index (χ1v) is 13.1. The normalized spacial score (nSPS) is 15.0. The third-order valence-electron chi connectivity index (χ3n) is 6.80. The van der Waals surface area contributed by atoms with Crippen LogP contribution < -0.4 is 0 Å². The van der Waals surface area contributed by atoms with E-state index in [1.165, 1.54) is 128 Å². The molecule has 0 fully saturated rings. The number of rotatable bonds is 21. The topological polar surface area (TPSA) is 0 Å². The van der Waals surface area contributed by atoms with Gasteiger partial charge < -0.3 is 0 Å². The van der Waals surface area contributed by atoms with Crippen LogP contribution in [0.25, 0.3) is 0 Å². The molecule has 164 valence electrons. The van der Waals surface area contributed by atoms with Crippen molar-refractivity contribution in [2.75, 3.05) is 0 Å². The molecule has 0 radical (unpaired) electrons. The molecule has 0 aromatic heterocycles. The molecule has 0 nitrogen and oxygen atoms in total. The van der Waals surface area contributed by atoms with Crippen LogP contribution in [0.3, 0.4) is 0 Å². The van der Waals surface area contributed by atoms with Crippen molar-refractivity contribution >= 4 is 0 Å². The molecule has 0 rings (SSSR count). The molecule has 0 aliphatic carbocycles. The Morgan fingerprint density at radius 3 is 1.37 bits per heavy atom. The molecule has 0 amide bonds. The van der Waals surface area contributed by atoms with Gasteiger partial charge in [-0.25, -0.2) is 0 Å². The van der Waals surface area contributed by atoms with Gasteiger partial charge in [0.25, 0.3) is 0 Å². The zero-order chi connectivity index (χ0) is 20.2. The van der Waals surface area contributed by atoms with E-state index in [-0.39, 0.29) is 0 Å². The van der Waals surface area contributed by atoms with Crippen molar-refractivity contribution in [1.29, 1.82) is 0 Å². The summed E-state index contributed by atoms with van der Waals surface area (Å²) in [6.07, 6.45) is 28.9. The SMILES string of the molecule is CCCCCCCC(C)CCCC(C)(CCCCCC)CCCCCCC. The minimum atomic E-state index is 0.626. The van der Waals surface area contributed by atoms with Gasteiger partial charge in [-0.15, -0.1) is 0 Å². The highest BCUT2D eigenvalue weighted by Crippen LogP contribution is 2.37. The predicted molar refractivity (Wildman–Crippen MR) is 127 cm³/mol. The zero-order valence-electron chi connectivity index (χ0n) is 20.2. The van der Waals surface area contributed by atoms with Crippen molar-refractivity contribution in [2.24, 2.45) is 11.3 Å². The molecule has 0 N–H and O–H groups in total. The first-order chi connectivity index (χ1) is 13.1. The van der Waals surface area contributed by atoms with Crippen LogP contribution in [0.15, 0.2) is 0 Å². The van der Waals surface area contributed by atoms with E-state index in [4.69, 9.17) is 0 Å².